The van der Waals surface area contributed by atoms with Crippen LogP contribution in [0.15, 0.2) is 18.2 Å². The number of hydrogen-bond donors (Lipinski definition) is 1. The first kappa shape index (κ1) is 14.6. The van der Waals surface area contributed by atoms with E-state index >= 15 is 0 Å². The SMILES string of the molecule is CC(CC1CC1)Nc1ccc([N+](=O)[O-])cc1C(F)(F)F. The standard InChI is InChI=1S/C13H15F3N2O2/c1-8(6-9-2-3-9)17-12-5-4-10(18(19)20)7-11(12)13(14,15)16/h4-5,7-9,17H,2-3,6H2,1H3. The first-order valence-corrected chi connectivity index (χ1v) is 6.39. The number of anilines is 1. The van der Waals surface area contributed by atoms with Crippen LogP contribution in [-0.4, -0.2) is 11.0 Å². The molecule has 4 nitrogen and oxygen atoms in total. The number of nitrogens with zero attached hydrogens (tertiary/aromatic N) is 1. The van der Waals surface area contributed by atoms with E-state index in [1.165, 1.54) is 0 Å². The van der Waals surface area contributed by atoms with E-state index < -0.39 is 22.4 Å². The highest BCUT2D eigenvalue weighted by Gasteiger charge is 2.35. The van der Waals surface area contributed by atoms with Crippen molar-refractivity contribution in [1.82, 2.24) is 0 Å². The van der Waals surface area contributed by atoms with E-state index in [1.54, 1.807) is 0 Å². The van der Waals surface area contributed by atoms with Gasteiger partial charge in [-0.15, -0.1) is 0 Å². The number of nitro benzene ring substituents is 1. The molecule has 7 heteroatoms. The first-order valence-electron chi connectivity index (χ1n) is 6.39. The molecular formula is C13H15F3N2O2. The van der Waals surface area contributed by atoms with Crippen molar-refractivity contribution >= 4 is 11.4 Å². The summed E-state index contributed by atoms with van der Waals surface area (Å²) in [6, 6.07) is 2.70. The second kappa shape index (κ2) is 5.30. The van der Waals surface area contributed by atoms with Crippen molar-refractivity contribution in [2.45, 2.75) is 38.4 Å². The van der Waals surface area contributed by atoms with Crippen LogP contribution in [0.2, 0.25) is 0 Å². The zero-order valence-corrected chi connectivity index (χ0v) is 10.9. The highest BCUT2D eigenvalue weighted by atomic mass is 19.4. The van der Waals surface area contributed by atoms with Crippen LogP contribution in [0.4, 0.5) is 24.5 Å². The number of nitro groups is 1. The van der Waals surface area contributed by atoms with Crippen molar-refractivity contribution in [3.8, 4) is 0 Å². The summed E-state index contributed by atoms with van der Waals surface area (Å²) in [5.41, 5.74) is -1.65. The second-order valence-corrected chi connectivity index (χ2v) is 5.21. The van der Waals surface area contributed by atoms with Crippen LogP contribution in [-0.2, 0) is 6.18 Å². The van der Waals surface area contributed by atoms with Crippen LogP contribution in [0.3, 0.4) is 0 Å². The lowest BCUT2D eigenvalue weighted by Crippen LogP contribution is -2.19. The molecule has 1 aliphatic rings. The smallest absolute Gasteiger partial charge is 0.382 e. The zero-order chi connectivity index (χ0) is 14.9. The van der Waals surface area contributed by atoms with Crippen molar-refractivity contribution in [2.75, 3.05) is 5.32 Å². The average molecular weight is 288 g/mol. The van der Waals surface area contributed by atoms with Crippen LogP contribution < -0.4 is 5.32 Å². The Balaban J connectivity index is 2.23. The van der Waals surface area contributed by atoms with Crippen molar-refractivity contribution in [3.05, 3.63) is 33.9 Å². The molecule has 1 aromatic rings. The van der Waals surface area contributed by atoms with E-state index in [4.69, 9.17) is 0 Å². The Morgan fingerprint density at radius 1 is 1.45 bits per heavy atom. The van der Waals surface area contributed by atoms with Gasteiger partial charge in [0, 0.05) is 23.9 Å². The van der Waals surface area contributed by atoms with Gasteiger partial charge >= 0.3 is 6.18 Å². The van der Waals surface area contributed by atoms with Crippen molar-refractivity contribution in [2.24, 2.45) is 5.92 Å². The largest absolute Gasteiger partial charge is 0.418 e. The molecule has 0 heterocycles. The van der Waals surface area contributed by atoms with Gasteiger partial charge < -0.3 is 5.32 Å². The summed E-state index contributed by atoms with van der Waals surface area (Å²) >= 11 is 0. The predicted octanol–water partition coefficient (Wildman–Crippen LogP) is 4.21. The molecule has 0 amide bonds. The van der Waals surface area contributed by atoms with Gasteiger partial charge in [-0.2, -0.15) is 13.2 Å². The van der Waals surface area contributed by atoms with Crippen LogP contribution in [0, 0.1) is 16.0 Å². The van der Waals surface area contributed by atoms with E-state index in [0.29, 0.717) is 12.0 Å². The van der Waals surface area contributed by atoms with Crippen molar-refractivity contribution in [1.29, 1.82) is 0 Å². The maximum atomic E-state index is 13.0. The number of hydrogen-bond acceptors (Lipinski definition) is 3. The quantitative estimate of drug-likeness (QED) is 0.652. The summed E-state index contributed by atoms with van der Waals surface area (Å²) in [5.74, 6) is 0.588. The van der Waals surface area contributed by atoms with E-state index in [1.807, 2.05) is 6.92 Å². The molecule has 1 aliphatic carbocycles. The second-order valence-electron chi connectivity index (χ2n) is 5.21. The summed E-state index contributed by atoms with van der Waals surface area (Å²) in [6.45, 7) is 1.82. The average Bonchev–Trinajstić information content (AvgIpc) is 3.11. The summed E-state index contributed by atoms with van der Waals surface area (Å²) in [6.07, 6.45) is -1.56. The Bertz CT molecular complexity index is 513. The van der Waals surface area contributed by atoms with Gasteiger partial charge in [-0.3, -0.25) is 10.1 Å². The fourth-order valence-corrected chi connectivity index (χ4v) is 2.18. The molecule has 1 saturated carbocycles. The van der Waals surface area contributed by atoms with Gasteiger partial charge in [-0.1, -0.05) is 12.8 Å². The number of halogens is 3. The molecule has 1 N–H and O–H groups in total. The minimum absolute atomic E-state index is 0.0925. The molecule has 0 saturated heterocycles. The van der Waals surface area contributed by atoms with E-state index in [0.717, 1.165) is 31.4 Å². The van der Waals surface area contributed by atoms with Crippen LogP contribution in [0.5, 0.6) is 0 Å². The summed E-state index contributed by atoms with van der Waals surface area (Å²) in [5, 5.41) is 13.4. The van der Waals surface area contributed by atoms with Gasteiger partial charge in [0.25, 0.3) is 5.69 Å². The molecule has 1 atom stereocenters. The molecule has 20 heavy (non-hydrogen) atoms. The molecule has 0 aliphatic heterocycles. The molecule has 0 aromatic heterocycles. The van der Waals surface area contributed by atoms with Crippen molar-refractivity contribution in [3.63, 3.8) is 0 Å². The normalized spacial score (nSPS) is 16.8. The Morgan fingerprint density at radius 2 is 2.10 bits per heavy atom. The van der Waals surface area contributed by atoms with Crippen LogP contribution in [0.25, 0.3) is 0 Å². The summed E-state index contributed by atoms with van der Waals surface area (Å²) in [7, 11) is 0. The lowest BCUT2D eigenvalue weighted by molar-refractivity contribution is -0.385. The zero-order valence-electron chi connectivity index (χ0n) is 10.9. The molecule has 1 fully saturated rings. The molecule has 110 valence electrons. The molecule has 0 radical (unpaired) electrons. The van der Waals surface area contributed by atoms with Gasteiger partial charge in [-0.05, 0) is 25.3 Å². The summed E-state index contributed by atoms with van der Waals surface area (Å²) < 4.78 is 38.9. The highest BCUT2D eigenvalue weighted by molar-refractivity contribution is 5.57. The Kier molecular flexibility index (Phi) is 3.87. The fourth-order valence-electron chi connectivity index (χ4n) is 2.18. The minimum Gasteiger partial charge on any atom is -0.382 e. The molecule has 1 aromatic carbocycles. The van der Waals surface area contributed by atoms with Gasteiger partial charge in [0.05, 0.1) is 10.5 Å². The Hall–Kier alpha value is -1.79. The molecular weight excluding hydrogens is 273 g/mol. The molecule has 2 rings (SSSR count). The fraction of sp³-hybridized carbons (Fsp3) is 0.538. The van der Waals surface area contributed by atoms with E-state index in [9.17, 15) is 23.3 Å². The lowest BCUT2D eigenvalue weighted by Gasteiger charge is -2.19. The predicted molar refractivity (Wildman–Crippen MR) is 68.5 cm³/mol. The monoisotopic (exact) mass is 288 g/mol. The molecule has 0 spiro atoms. The lowest BCUT2D eigenvalue weighted by atomic mass is 10.1. The van der Waals surface area contributed by atoms with Crippen molar-refractivity contribution < 1.29 is 18.1 Å². The van der Waals surface area contributed by atoms with Crippen LogP contribution >= 0.6 is 0 Å². The molecule has 1 unspecified atom stereocenters. The Labute approximate surface area is 114 Å². The molecule has 0 bridgehead atoms. The van der Waals surface area contributed by atoms with E-state index in [-0.39, 0.29) is 11.7 Å². The third-order valence-electron chi connectivity index (χ3n) is 3.31. The summed E-state index contributed by atoms with van der Waals surface area (Å²) in [4.78, 5) is 9.76. The van der Waals surface area contributed by atoms with Gasteiger partial charge in [0.15, 0.2) is 0 Å². The van der Waals surface area contributed by atoms with E-state index in [2.05, 4.69) is 5.32 Å². The maximum absolute atomic E-state index is 13.0. The number of benzene rings is 1. The maximum Gasteiger partial charge on any atom is 0.418 e. The third kappa shape index (κ3) is 3.61. The van der Waals surface area contributed by atoms with Gasteiger partial charge in [-0.25, -0.2) is 0 Å². The number of non-ortho nitro benzene ring substituents is 1. The number of nitrogens with one attached hydrogen (secondary N) is 1. The first-order chi connectivity index (χ1) is 9.27. The topological polar surface area (TPSA) is 55.2 Å². The highest BCUT2D eigenvalue weighted by Crippen LogP contribution is 2.38. The van der Waals surface area contributed by atoms with Crippen LogP contribution in [0.1, 0.15) is 31.7 Å². The Morgan fingerprint density at radius 3 is 2.60 bits per heavy atom. The van der Waals surface area contributed by atoms with Gasteiger partial charge in [0.2, 0.25) is 0 Å². The third-order valence-corrected chi connectivity index (χ3v) is 3.31. The van der Waals surface area contributed by atoms with Gasteiger partial charge in [0.1, 0.15) is 0 Å². The minimum atomic E-state index is -4.62. The number of alkyl halides is 3. The number of rotatable bonds is 5.